The number of nitrogens with zero attached hydrogens (tertiary/aromatic N) is 3. The largest absolute Gasteiger partial charge is 0.493 e. The van der Waals surface area contributed by atoms with Crippen molar-refractivity contribution in [3.05, 3.63) is 48.0 Å². The third-order valence-corrected chi connectivity index (χ3v) is 5.55. The molecule has 0 bridgehead atoms. The number of carbonyl (C=O) groups excluding carboxylic acids is 1. The minimum atomic E-state index is -0.421. The van der Waals surface area contributed by atoms with Gasteiger partial charge in [-0.25, -0.2) is 0 Å². The summed E-state index contributed by atoms with van der Waals surface area (Å²) >= 11 is 1.31. The summed E-state index contributed by atoms with van der Waals surface area (Å²) in [7, 11) is 3.19. The molecule has 0 saturated carbocycles. The molecule has 0 saturated heterocycles. The van der Waals surface area contributed by atoms with Crippen molar-refractivity contribution < 1.29 is 19.0 Å². The molecule has 0 radical (unpaired) electrons. The summed E-state index contributed by atoms with van der Waals surface area (Å²) in [6.07, 6.45) is 0. The summed E-state index contributed by atoms with van der Waals surface area (Å²) in [6, 6.07) is 13.6. The molecule has 3 aromatic rings. The summed E-state index contributed by atoms with van der Waals surface area (Å²) in [5.41, 5.74) is 2.81. The molecule has 0 amide bonds. The van der Waals surface area contributed by atoms with Crippen molar-refractivity contribution in [3.63, 3.8) is 0 Å². The number of aromatic nitrogens is 3. The molecule has 0 fully saturated rings. The van der Waals surface area contributed by atoms with Gasteiger partial charge in [0.05, 0.1) is 26.5 Å². The lowest BCUT2D eigenvalue weighted by atomic mass is 10.1. The Bertz CT molecular complexity index is 1030. The van der Waals surface area contributed by atoms with Crippen LogP contribution in [0.25, 0.3) is 17.1 Å². The normalized spacial score (nSPS) is 11.8. The average Bonchev–Trinajstić information content (AvgIpc) is 3.16. The second kappa shape index (κ2) is 9.67. The van der Waals surface area contributed by atoms with Crippen LogP contribution >= 0.6 is 11.8 Å². The lowest BCUT2D eigenvalue weighted by Gasteiger charge is -2.15. The molecule has 1 heterocycles. The topological polar surface area (TPSA) is 75.5 Å². The first-order valence-electron chi connectivity index (χ1n) is 9.57. The summed E-state index contributed by atoms with van der Waals surface area (Å²) in [4.78, 5) is 12.2. The highest BCUT2D eigenvalue weighted by molar-refractivity contribution is 8.00. The highest BCUT2D eigenvalue weighted by Crippen LogP contribution is 2.35. The molecular formula is C22H25N3O4S. The van der Waals surface area contributed by atoms with Gasteiger partial charge in [0, 0.05) is 5.56 Å². The molecule has 2 aromatic carbocycles. The number of rotatable bonds is 8. The first-order chi connectivity index (χ1) is 14.5. The van der Waals surface area contributed by atoms with Gasteiger partial charge < -0.3 is 14.2 Å². The van der Waals surface area contributed by atoms with Gasteiger partial charge in [0.25, 0.3) is 0 Å². The number of thioether (sulfide) groups is 1. The third-order valence-electron chi connectivity index (χ3n) is 4.53. The molecular weight excluding hydrogens is 402 g/mol. The summed E-state index contributed by atoms with van der Waals surface area (Å²) in [5.74, 6) is 1.59. The molecule has 7 nitrogen and oxygen atoms in total. The Labute approximate surface area is 180 Å². The minimum absolute atomic E-state index is 0.283. The Hall–Kier alpha value is -3.00. The number of benzene rings is 2. The number of hydrogen-bond acceptors (Lipinski definition) is 7. The zero-order valence-corrected chi connectivity index (χ0v) is 18.5. The molecule has 0 aliphatic carbocycles. The number of para-hydroxylation sites is 1. The minimum Gasteiger partial charge on any atom is -0.493 e. The Kier molecular flexibility index (Phi) is 6.99. The second-order valence-corrected chi connectivity index (χ2v) is 7.82. The molecule has 0 spiro atoms. The summed E-state index contributed by atoms with van der Waals surface area (Å²) < 4.78 is 17.9. The highest BCUT2D eigenvalue weighted by Gasteiger charge is 2.23. The van der Waals surface area contributed by atoms with Crippen LogP contribution in [0.15, 0.2) is 47.6 Å². The lowest BCUT2D eigenvalue weighted by molar-refractivity contribution is -0.142. The Morgan fingerprint density at radius 2 is 1.83 bits per heavy atom. The molecule has 0 aliphatic heterocycles. The SMILES string of the molecule is CCOC(=O)[C@H](C)Sc1nnc(-c2ccc(OC)c(OC)c2)n1-c1ccccc1C. The van der Waals surface area contributed by atoms with Gasteiger partial charge in [0.15, 0.2) is 22.5 Å². The van der Waals surface area contributed by atoms with E-state index in [1.807, 2.05) is 54.0 Å². The molecule has 1 atom stereocenters. The fourth-order valence-corrected chi connectivity index (χ4v) is 3.86. The van der Waals surface area contributed by atoms with Crippen LogP contribution in [0.4, 0.5) is 0 Å². The van der Waals surface area contributed by atoms with Crippen molar-refractivity contribution in [2.24, 2.45) is 0 Å². The maximum absolute atomic E-state index is 12.2. The smallest absolute Gasteiger partial charge is 0.319 e. The molecule has 8 heteroatoms. The second-order valence-electron chi connectivity index (χ2n) is 6.51. The van der Waals surface area contributed by atoms with E-state index < -0.39 is 5.25 Å². The van der Waals surface area contributed by atoms with E-state index in [0.29, 0.717) is 29.1 Å². The van der Waals surface area contributed by atoms with Gasteiger partial charge in [0.1, 0.15) is 5.25 Å². The van der Waals surface area contributed by atoms with Crippen molar-refractivity contribution in [1.29, 1.82) is 0 Å². The first kappa shape index (κ1) is 21.7. The fourth-order valence-electron chi connectivity index (χ4n) is 3.01. The van der Waals surface area contributed by atoms with E-state index in [4.69, 9.17) is 14.2 Å². The van der Waals surface area contributed by atoms with Crippen LogP contribution in [-0.2, 0) is 9.53 Å². The van der Waals surface area contributed by atoms with Gasteiger partial charge in [0.2, 0.25) is 0 Å². The molecule has 3 rings (SSSR count). The van der Waals surface area contributed by atoms with Crippen LogP contribution in [0.3, 0.4) is 0 Å². The Morgan fingerprint density at radius 3 is 2.50 bits per heavy atom. The predicted octanol–water partition coefficient (Wildman–Crippen LogP) is 4.30. The maximum Gasteiger partial charge on any atom is 0.319 e. The number of methoxy groups -OCH3 is 2. The van der Waals surface area contributed by atoms with Crippen LogP contribution in [0.5, 0.6) is 11.5 Å². The van der Waals surface area contributed by atoms with Crippen molar-refractivity contribution in [2.75, 3.05) is 20.8 Å². The molecule has 0 aliphatic rings. The van der Waals surface area contributed by atoms with E-state index in [1.54, 1.807) is 28.1 Å². The van der Waals surface area contributed by atoms with Gasteiger partial charge in [-0.15, -0.1) is 10.2 Å². The van der Waals surface area contributed by atoms with Gasteiger partial charge in [-0.2, -0.15) is 0 Å². The highest BCUT2D eigenvalue weighted by atomic mass is 32.2. The number of hydrogen-bond donors (Lipinski definition) is 0. The van der Waals surface area contributed by atoms with Crippen molar-refractivity contribution >= 4 is 17.7 Å². The molecule has 30 heavy (non-hydrogen) atoms. The van der Waals surface area contributed by atoms with Crippen LogP contribution in [0, 0.1) is 6.92 Å². The number of ether oxygens (including phenoxy) is 3. The van der Waals surface area contributed by atoms with Crippen LogP contribution in [-0.4, -0.2) is 46.8 Å². The quantitative estimate of drug-likeness (QED) is 0.392. The van der Waals surface area contributed by atoms with E-state index in [9.17, 15) is 4.79 Å². The average molecular weight is 428 g/mol. The fraction of sp³-hybridized carbons (Fsp3) is 0.318. The van der Waals surface area contributed by atoms with E-state index in [1.165, 1.54) is 11.8 Å². The zero-order chi connectivity index (χ0) is 21.7. The van der Waals surface area contributed by atoms with Gasteiger partial charge in [-0.1, -0.05) is 30.0 Å². The molecule has 1 aromatic heterocycles. The third kappa shape index (κ3) is 4.43. The Balaban J connectivity index is 2.12. The predicted molar refractivity (Wildman–Crippen MR) is 117 cm³/mol. The summed E-state index contributed by atoms with van der Waals surface area (Å²) in [5, 5.41) is 9.01. The standard InChI is InChI=1S/C22H25N3O4S/c1-6-29-21(26)15(3)30-22-24-23-20(25(22)17-10-8-7-9-14(17)2)16-11-12-18(27-4)19(13-16)28-5/h7-13,15H,6H2,1-5H3/t15-/m0/s1. The molecule has 0 N–H and O–H groups in total. The van der Waals surface area contributed by atoms with Crippen molar-refractivity contribution in [3.8, 4) is 28.6 Å². The van der Waals surface area contributed by atoms with Gasteiger partial charge >= 0.3 is 5.97 Å². The zero-order valence-electron chi connectivity index (χ0n) is 17.7. The van der Waals surface area contributed by atoms with Crippen LogP contribution in [0.1, 0.15) is 19.4 Å². The van der Waals surface area contributed by atoms with E-state index in [2.05, 4.69) is 10.2 Å². The van der Waals surface area contributed by atoms with E-state index in [-0.39, 0.29) is 5.97 Å². The van der Waals surface area contributed by atoms with Crippen molar-refractivity contribution in [2.45, 2.75) is 31.2 Å². The lowest BCUT2D eigenvalue weighted by Crippen LogP contribution is -2.17. The van der Waals surface area contributed by atoms with E-state index in [0.717, 1.165) is 16.8 Å². The maximum atomic E-state index is 12.2. The Morgan fingerprint density at radius 1 is 1.10 bits per heavy atom. The van der Waals surface area contributed by atoms with Crippen LogP contribution < -0.4 is 9.47 Å². The number of aryl methyl sites for hydroxylation is 1. The first-order valence-corrected chi connectivity index (χ1v) is 10.4. The monoisotopic (exact) mass is 427 g/mol. The summed E-state index contributed by atoms with van der Waals surface area (Å²) in [6.45, 7) is 5.96. The van der Waals surface area contributed by atoms with Crippen LogP contribution in [0.2, 0.25) is 0 Å². The van der Waals surface area contributed by atoms with E-state index >= 15 is 0 Å². The number of carbonyl (C=O) groups is 1. The number of esters is 1. The van der Waals surface area contributed by atoms with Gasteiger partial charge in [-0.3, -0.25) is 9.36 Å². The molecule has 0 unspecified atom stereocenters. The molecule has 158 valence electrons. The van der Waals surface area contributed by atoms with Gasteiger partial charge in [-0.05, 0) is 50.6 Å². The van der Waals surface area contributed by atoms with Crippen molar-refractivity contribution in [1.82, 2.24) is 14.8 Å².